The third-order valence-corrected chi connectivity index (χ3v) is 5.88. The molecule has 1 heterocycles. The van der Waals surface area contributed by atoms with E-state index in [0.717, 1.165) is 18.5 Å². The minimum atomic E-state index is -0.917. The Kier molecular flexibility index (Phi) is 6.90. The molecule has 0 bridgehead atoms. The minimum Gasteiger partial charge on any atom is -0.469 e. The molecule has 35 heavy (non-hydrogen) atoms. The molecule has 0 aromatic heterocycles. The summed E-state index contributed by atoms with van der Waals surface area (Å²) in [6, 6.07) is 9.49. The molecule has 2 aromatic rings. The standard InChI is InChI=1S/C25H28N4O6/c1-29(2)15-5-4-6-16(11-15)35-21-12-17-19(13-20(21)28-23(31)14-7-8-14)27-25(33)18(26-24(17)32)9-10-22(30)34-3/h4-6,11-14,18H,7-10H2,1-3H3,(H,26,32)(H,27,33)(H,28,31)/t18-/m1/s1. The van der Waals surface area contributed by atoms with Gasteiger partial charge in [0.1, 0.15) is 11.8 Å². The lowest BCUT2D eigenvalue weighted by Crippen LogP contribution is -2.41. The second-order valence-electron chi connectivity index (χ2n) is 8.78. The van der Waals surface area contributed by atoms with Gasteiger partial charge in [-0.3, -0.25) is 19.2 Å². The lowest BCUT2D eigenvalue weighted by Gasteiger charge is -2.17. The number of esters is 1. The van der Waals surface area contributed by atoms with E-state index >= 15 is 0 Å². The zero-order chi connectivity index (χ0) is 25.1. The fraction of sp³-hybridized carbons (Fsp3) is 0.360. The number of carbonyl (C=O) groups is 4. The lowest BCUT2D eigenvalue weighted by atomic mass is 10.1. The number of fused-ring (bicyclic) bond motifs is 1. The maximum atomic E-state index is 13.0. The maximum Gasteiger partial charge on any atom is 0.305 e. The first-order chi connectivity index (χ1) is 16.7. The van der Waals surface area contributed by atoms with E-state index in [0.29, 0.717) is 11.4 Å². The van der Waals surface area contributed by atoms with Crippen molar-refractivity contribution in [3.8, 4) is 11.5 Å². The highest BCUT2D eigenvalue weighted by atomic mass is 16.5. The van der Waals surface area contributed by atoms with Crippen LogP contribution in [0.4, 0.5) is 17.1 Å². The number of nitrogens with zero attached hydrogens (tertiary/aromatic N) is 1. The summed E-state index contributed by atoms with van der Waals surface area (Å²) in [4.78, 5) is 51.7. The molecule has 0 radical (unpaired) electrons. The van der Waals surface area contributed by atoms with Crippen molar-refractivity contribution in [3.63, 3.8) is 0 Å². The molecular weight excluding hydrogens is 452 g/mol. The Morgan fingerprint density at radius 1 is 1.14 bits per heavy atom. The van der Waals surface area contributed by atoms with Crippen LogP contribution in [0.2, 0.25) is 0 Å². The summed E-state index contributed by atoms with van der Waals surface area (Å²) >= 11 is 0. The Bertz CT molecular complexity index is 1170. The van der Waals surface area contributed by atoms with Crippen molar-refractivity contribution in [1.29, 1.82) is 0 Å². The molecule has 2 aliphatic rings. The van der Waals surface area contributed by atoms with E-state index in [1.54, 1.807) is 6.07 Å². The number of anilines is 3. The van der Waals surface area contributed by atoms with Crippen LogP contribution in [0.25, 0.3) is 0 Å². The number of nitrogens with one attached hydrogen (secondary N) is 3. The summed E-state index contributed by atoms with van der Waals surface area (Å²) in [5, 5.41) is 8.26. The Hall–Kier alpha value is -4.08. The second-order valence-corrected chi connectivity index (χ2v) is 8.78. The van der Waals surface area contributed by atoms with Crippen molar-refractivity contribution in [2.75, 3.05) is 36.7 Å². The Labute approximate surface area is 203 Å². The number of hydrogen-bond donors (Lipinski definition) is 3. The van der Waals surface area contributed by atoms with E-state index in [1.165, 1.54) is 19.2 Å². The van der Waals surface area contributed by atoms with Crippen LogP contribution in [0, 0.1) is 5.92 Å². The summed E-state index contributed by atoms with van der Waals surface area (Å²) < 4.78 is 10.7. The molecule has 1 aliphatic carbocycles. The van der Waals surface area contributed by atoms with Gasteiger partial charge in [0.15, 0.2) is 5.75 Å². The van der Waals surface area contributed by atoms with Gasteiger partial charge in [-0.2, -0.15) is 0 Å². The summed E-state index contributed by atoms with van der Waals surface area (Å²) in [7, 11) is 5.08. The number of carbonyl (C=O) groups excluding carboxylic acids is 4. The van der Waals surface area contributed by atoms with Crippen molar-refractivity contribution in [2.45, 2.75) is 31.7 Å². The Morgan fingerprint density at radius 2 is 1.91 bits per heavy atom. The van der Waals surface area contributed by atoms with Gasteiger partial charge in [0, 0.05) is 38.2 Å². The largest absolute Gasteiger partial charge is 0.469 e. The van der Waals surface area contributed by atoms with Gasteiger partial charge in [0.2, 0.25) is 11.8 Å². The van der Waals surface area contributed by atoms with Crippen molar-refractivity contribution in [1.82, 2.24) is 5.32 Å². The van der Waals surface area contributed by atoms with Crippen molar-refractivity contribution in [3.05, 3.63) is 42.0 Å². The molecular formula is C25H28N4O6. The molecule has 1 aliphatic heterocycles. The average molecular weight is 481 g/mol. The first-order valence-corrected chi connectivity index (χ1v) is 11.4. The maximum absolute atomic E-state index is 13.0. The molecule has 184 valence electrons. The number of hydrogen-bond acceptors (Lipinski definition) is 7. The summed E-state index contributed by atoms with van der Waals surface area (Å²) in [5.41, 5.74) is 1.69. The smallest absolute Gasteiger partial charge is 0.305 e. The minimum absolute atomic E-state index is 0.0233. The van der Waals surface area contributed by atoms with Crippen LogP contribution in [-0.2, 0) is 19.1 Å². The highest BCUT2D eigenvalue weighted by Gasteiger charge is 2.32. The zero-order valence-corrected chi connectivity index (χ0v) is 19.8. The highest BCUT2D eigenvalue weighted by Crippen LogP contribution is 2.38. The molecule has 3 N–H and O–H groups in total. The van der Waals surface area contributed by atoms with Crippen molar-refractivity contribution >= 4 is 40.8 Å². The first-order valence-electron chi connectivity index (χ1n) is 11.4. The molecule has 4 rings (SSSR count). The van der Waals surface area contributed by atoms with Crippen LogP contribution in [0.3, 0.4) is 0 Å². The summed E-state index contributed by atoms with van der Waals surface area (Å²) in [6.45, 7) is 0. The molecule has 1 fully saturated rings. The quantitative estimate of drug-likeness (QED) is 0.496. The molecule has 3 amide bonds. The normalized spacial score (nSPS) is 16.8. The molecule has 10 heteroatoms. The van der Waals surface area contributed by atoms with Crippen LogP contribution in [0.5, 0.6) is 11.5 Å². The fourth-order valence-electron chi connectivity index (χ4n) is 3.67. The number of benzene rings is 2. The van der Waals surface area contributed by atoms with Gasteiger partial charge in [-0.15, -0.1) is 0 Å². The topological polar surface area (TPSA) is 126 Å². The van der Waals surface area contributed by atoms with Gasteiger partial charge in [-0.1, -0.05) is 6.07 Å². The SMILES string of the molecule is COC(=O)CC[C@H]1NC(=O)c2cc(Oc3cccc(N(C)C)c3)c(NC(=O)C3CC3)cc2NC1=O. The van der Waals surface area contributed by atoms with Gasteiger partial charge in [0.05, 0.1) is 24.0 Å². The third kappa shape index (κ3) is 5.71. The highest BCUT2D eigenvalue weighted by molar-refractivity contribution is 6.11. The monoisotopic (exact) mass is 480 g/mol. The number of rotatable bonds is 8. The summed E-state index contributed by atoms with van der Waals surface area (Å²) in [5.74, 6) is -0.850. The molecule has 10 nitrogen and oxygen atoms in total. The van der Waals surface area contributed by atoms with Crippen LogP contribution >= 0.6 is 0 Å². The van der Waals surface area contributed by atoms with Crippen LogP contribution in [-0.4, -0.2) is 50.9 Å². The Morgan fingerprint density at radius 3 is 2.60 bits per heavy atom. The van der Waals surface area contributed by atoms with E-state index in [2.05, 4.69) is 20.7 Å². The van der Waals surface area contributed by atoms with E-state index in [9.17, 15) is 19.2 Å². The first kappa shape index (κ1) is 24.1. The van der Waals surface area contributed by atoms with Crippen LogP contribution in [0.1, 0.15) is 36.0 Å². The zero-order valence-electron chi connectivity index (χ0n) is 19.8. The van der Waals surface area contributed by atoms with E-state index < -0.39 is 23.8 Å². The second kappa shape index (κ2) is 10.0. The molecule has 0 unspecified atom stereocenters. The number of methoxy groups -OCH3 is 1. The van der Waals surface area contributed by atoms with Crippen molar-refractivity contribution < 1.29 is 28.7 Å². The van der Waals surface area contributed by atoms with E-state index in [4.69, 9.17) is 4.74 Å². The summed E-state index contributed by atoms with van der Waals surface area (Å²) in [6.07, 6.45) is 1.70. The van der Waals surface area contributed by atoms with E-state index in [1.807, 2.05) is 37.2 Å². The molecule has 0 saturated heterocycles. The predicted molar refractivity (Wildman–Crippen MR) is 130 cm³/mol. The van der Waals surface area contributed by atoms with Gasteiger partial charge >= 0.3 is 5.97 Å². The molecule has 1 saturated carbocycles. The Balaban J connectivity index is 1.66. The van der Waals surface area contributed by atoms with Gasteiger partial charge in [-0.05, 0) is 43.5 Å². The van der Waals surface area contributed by atoms with Crippen LogP contribution < -0.4 is 25.6 Å². The average Bonchev–Trinajstić information content (AvgIpc) is 3.68. The van der Waals surface area contributed by atoms with Gasteiger partial charge in [0.25, 0.3) is 5.91 Å². The third-order valence-electron chi connectivity index (χ3n) is 5.88. The van der Waals surface area contributed by atoms with Gasteiger partial charge < -0.3 is 30.3 Å². The van der Waals surface area contributed by atoms with E-state index in [-0.39, 0.29) is 41.7 Å². The molecule has 2 aromatic carbocycles. The number of ether oxygens (including phenoxy) is 2. The van der Waals surface area contributed by atoms with Crippen molar-refractivity contribution in [2.24, 2.45) is 5.92 Å². The predicted octanol–water partition coefficient (Wildman–Crippen LogP) is 2.90. The van der Waals surface area contributed by atoms with Gasteiger partial charge in [-0.25, -0.2) is 0 Å². The number of amides is 3. The molecule has 0 spiro atoms. The fourth-order valence-corrected chi connectivity index (χ4v) is 3.67. The molecule has 1 atom stereocenters. The lowest BCUT2D eigenvalue weighted by molar-refractivity contribution is -0.140. The van der Waals surface area contributed by atoms with Crippen LogP contribution in [0.15, 0.2) is 36.4 Å².